The molecule has 0 saturated carbocycles. The fourth-order valence-corrected chi connectivity index (χ4v) is 4.83. The fraction of sp³-hybridized carbons (Fsp3) is 0.238. The van der Waals surface area contributed by atoms with Crippen molar-refractivity contribution in [3.05, 3.63) is 79.1 Å². The molecule has 1 N–H and O–H groups in total. The molecule has 4 aromatic rings. The summed E-state index contributed by atoms with van der Waals surface area (Å²) in [5, 5.41) is 6.22. The van der Waals surface area contributed by atoms with Crippen molar-refractivity contribution in [2.45, 2.75) is 33.4 Å². The predicted octanol–water partition coefficient (Wildman–Crippen LogP) is 3.44. The van der Waals surface area contributed by atoms with E-state index in [0.717, 1.165) is 31.5 Å². The van der Waals surface area contributed by atoms with E-state index in [1.807, 2.05) is 49.6 Å². The van der Waals surface area contributed by atoms with E-state index in [-0.39, 0.29) is 17.9 Å². The molecular weight excluding hydrogens is 404 g/mol. The first-order valence-corrected chi connectivity index (χ1v) is 10.9. The number of nitrogens with zero attached hydrogens (tertiary/aromatic N) is 3. The van der Waals surface area contributed by atoms with E-state index in [4.69, 9.17) is 0 Å². The Labute approximate surface area is 175 Å². The number of nitrogens with one attached hydrogen (secondary N) is 1. The van der Waals surface area contributed by atoms with Crippen LogP contribution in [-0.4, -0.2) is 20.4 Å². The highest BCUT2D eigenvalue weighted by atomic mass is 32.1. The Bertz CT molecular complexity index is 1220. The quantitative estimate of drug-likeness (QED) is 0.514. The minimum atomic E-state index is -0.0700. The zero-order chi connectivity index (χ0) is 20.4. The van der Waals surface area contributed by atoms with Crippen molar-refractivity contribution in [3.8, 4) is 0 Å². The van der Waals surface area contributed by atoms with Crippen LogP contribution in [0.4, 0.5) is 0 Å². The van der Waals surface area contributed by atoms with Gasteiger partial charge in [0.05, 0.1) is 30.4 Å². The van der Waals surface area contributed by atoms with Gasteiger partial charge in [0.1, 0.15) is 9.84 Å². The maximum atomic E-state index is 12.8. The van der Waals surface area contributed by atoms with Gasteiger partial charge in [-0.25, -0.2) is 9.97 Å². The molecule has 6 nitrogen and oxygen atoms in total. The van der Waals surface area contributed by atoms with E-state index in [1.165, 1.54) is 22.7 Å². The summed E-state index contributed by atoms with van der Waals surface area (Å²) >= 11 is 2.97. The van der Waals surface area contributed by atoms with Gasteiger partial charge in [-0.2, -0.15) is 0 Å². The van der Waals surface area contributed by atoms with Crippen LogP contribution in [0.5, 0.6) is 0 Å². The van der Waals surface area contributed by atoms with Gasteiger partial charge in [-0.1, -0.05) is 30.3 Å². The Balaban J connectivity index is 1.42. The summed E-state index contributed by atoms with van der Waals surface area (Å²) in [6.45, 7) is 4.80. The number of aromatic nitrogens is 3. The number of aryl methyl sites for hydroxylation is 2. The average molecular weight is 425 g/mol. The SMILES string of the molecule is Cc1sc2ncn(Cc3csc(CC(=O)NCc4ccccc4)n3)c(=O)c2c1C. The number of thiazole rings is 1. The highest BCUT2D eigenvalue weighted by molar-refractivity contribution is 7.18. The van der Waals surface area contributed by atoms with Gasteiger partial charge in [0, 0.05) is 16.8 Å². The molecule has 1 aromatic carbocycles. The molecule has 0 radical (unpaired) electrons. The molecule has 0 aliphatic rings. The molecule has 3 aromatic heterocycles. The molecule has 0 fully saturated rings. The average Bonchev–Trinajstić information content (AvgIpc) is 3.27. The Morgan fingerprint density at radius 3 is 2.79 bits per heavy atom. The lowest BCUT2D eigenvalue weighted by atomic mass is 10.2. The van der Waals surface area contributed by atoms with Crippen LogP contribution in [0.15, 0.2) is 46.8 Å². The van der Waals surface area contributed by atoms with Crippen molar-refractivity contribution in [3.63, 3.8) is 0 Å². The number of amides is 1. The van der Waals surface area contributed by atoms with Crippen molar-refractivity contribution >= 4 is 38.8 Å². The highest BCUT2D eigenvalue weighted by Crippen LogP contribution is 2.25. The van der Waals surface area contributed by atoms with Crippen molar-refractivity contribution in [1.29, 1.82) is 0 Å². The van der Waals surface area contributed by atoms with Crippen LogP contribution < -0.4 is 10.9 Å². The standard InChI is InChI=1S/C21H20N4O2S2/c1-13-14(2)29-20-19(13)21(27)25(12-23-20)10-16-11-28-18(24-16)8-17(26)22-9-15-6-4-3-5-7-15/h3-7,11-12H,8-10H2,1-2H3,(H,22,26). The molecule has 0 bridgehead atoms. The summed E-state index contributed by atoms with van der Waals surface area (Å²) in [5.41, 5.74) is 2.76. The first-order chi connectivity index (χ1) is 14.0. The molecule has 0 spiro atoms. The molecule has 148 valence electrons. The third-order valence-corrected chi connectivity index (χ3v) is 6.74. The number of thiophene rings is 1. The van der Waals surface area contributed by atoms with Gasteiger partial charge in [0.15, 0.2) is 0 Å². The maximum Gasteiger partial charge on any atom is 0.262 e. The topological polar surface area (TPSA) is 76.9 Å². The minimum absolute atomic E-state index is 0.0491. The largest absolute Gasteiger partial charge is 0.352 e. The van der Waals surface area contributed by atoms with Crippen LogP contribution in [-0.2, 0) is 24.3 Å². The second kappa shape index (κ2) is 8.26. The van der Waals surface area contributed by atoms with Gasteiger partial charge >= 0.3 is 0 Å². The molecule has 1 amide bonds. The summed E-state index contributed by atoms with van der Waals surface area (Å²) < 4.78 is 1.58. The van der Waals surface area contributed by atoms with Gasteiger partial charge in [-0.05, 0) is 25.0 Å². The van der Waals surface area contributed by atoms with Crippen LogP contribution in [0, 0.1) is 13.8 Å². The zero-order valence-electron chi connectivity index (χ0n) is 16.1. The number of fused-ring (bicyclic) bond motifs is 1. The van der Waals surface area contributed by atoms with Crippen LogP contribution >= 0.6 is 22.7 Å². The lowest BCUT2D eigenvalue weighted by Gasteiger charge is -2.04. The Kier molecular flexibility index (Phi) is 5.55. The third kappa shape index (κ3) is 4.28. The smallest absolute Gasteiger partial charge is 0.262 e. The van der Waals surface area contributed by atoms with E-state index in [2.05, 4.69) is 15.3 Å². The van der Waals surface area contributed by atoms with Gasteiger partial charge in [-0.3, -0.25) is 14.2 Å². The van der Waals surface area contributed by atoms with Crippen molar-refractivity contribution in [1.82, 2.24) is 19.9 Å². The van der Waals surface area contributed by atoms with Crippen LogP contribution in [0.1, 0.15) is 26.7 Å². The second-order valence-electron chi connectivity index (χ2n) is 6.81. The number of benzene rings is 1. The number of hydrogen-bond donors (Lipinski definition) is 1. The van der Waals surface area contributed by atoms with E-state index in [1.54, 1.807) is 10.9 Å². The van der Waals surface area contributed by atoms with E-state index < -0.39 is 0 Å². The van der Waals surface area contributed by atoms with Crippen molar-refractivity contribution < 1.29 is 4.79 Å². The Morgan fingerprint density at radius 1 is 1.21 bits per heavy atom. The molecule has 0 saturated heterocycles. The molecule has 0 aliphatic heterocycles. The van der Waals surface area contributed by atoms with Crippen LogP contribution in [0.25, 0.3) is 10.2 Å². The van der Waals surface area contributed by atoms with E-state index >= 15 is 0 Å². The van der Waals surface area contributed by atoms with Crippen molar-refractivity contribution in [2.75, 3.05) is 0 Å². The van der Waals surface area contributed by atoms with Gasteiger partial charge in [0.25, 0.3) is 5.56 Å². The second-order valence-corrected chi connectivity index (χ2v) is 8.96. The number of rotatable bonds is 6. The summed E-state index contributed by atoms with van der Waals surface area (Å²) in [6.07, 6.45) is 1.80. The normalized spacial score (nSPS) is 11.1. The number of hydrogen-bond acceptors (Lipinski definition) is 6. The fourth-order valence-electron chi connectivity index (χ4n) is 3.06. The summed E-state index contributed by atoms with van der Waals surface area (Å²) in [5.74, 6) is -0.0700. The molecule has 8 heteroatoms. The molecule has 0 aliphatic carbocycles. The van der Waals surface area contributed by atoms with E-state index in [9.17, 15) is 9.59 Å². The van der Waals surface area contributed by atoms with Crippen LogP contribution in [0.3, 0.4) is 0 Å². The lowest BCUT2D eigenvalue weighted by Crippen LogP contribution is -2.24. The molecule has 29 heavy (non-hydrogen) atoms. The first kappa shape index (κ1) is 19.5. The van der Waals surface area contributed by atoms with E-state index in [0.29, 0.717) is 18.5 Å². The first-order valence-electron chi connectivity index (χ1n) is 9.20. The molecule has 3 heterocycles. The summed E-state index contributed by atoms with van der Waals surface area (Å²) in [7, 11) is 0. The lowest BCUT2D eigenvalue weighted by molar-refractivity contribution is -0.120. The van der Waals surface area contributed by atoms with Gasteiger partial charge in [-0.15, -0.1) is 22.7 Å². The minimum Gasteiger partial charge on any atom is -0.352 e. The number of carbonyl (C=O) groups is 1. The maximum absolute atomic E-state index is 12.8. The summed E-state index contributed by atoms with van der Waals surface area (Å²) in [6, 6.07) is 9.78. The summed E-state index contributed by atoms with van der Waals surface area (Å²) in [4.78, 5) is 35.8. The number of carbonyl (C=O) groups excluding carboxylic acids is 1. The third-order valence-electron chi connectivity index (χ3n) is 4.73. The molecule has 0 unspecified atom stereocenters. The van der Waals surface area contributed by atoms with Gasteiger partial charge < -0.3 is 5.32 Å². The Hall–Kier alpha value is -2.84. The predicted molar refractivity (Wildman–Crippen MR) is 117 cm³/mol. The molecular formula is C21H20N4O2S2. The Morgan fingerprint density at radius 2 is 2.00 bits per heavy atom. The monoisotopic (exact) mass is 424 g/mol. The highest BCUT2D eigenvalue weighted by Gasteiger charge is 2.14. The molecule has 0 atom stereocenters. The zero-order valence-corrected chi connectivity index (χ0v) is 17.8. The van der Waals surface area contributed by atoms with Crippen LogP contribution in [0.2, 0.25) is 0 Å². The van der Waals surface area contributed by atoms with Gasteiger partial charge in [0.2, 0.25) is 5.91 Å². The molecule has 4 rings (SSSR count). The van der Waals surface area contributed by atoms with Crippen molar-refractivity contribution in [2.24, 2.45) is 0 Å².